The summed E-state index contributed by atoms with van der Waals surface area (Å²) in [5.74, 6) is 0.545. The van der Waals surface area contributed by atoms with Crippen LogP contribution < -0.4 is 10.2 Å². The second kappa shape index (κ2) is 10.9. The molecule has 2 amide bonds. The maximum atomic E-state index is 13.1. The fourth-order valence-electron chi connectivity index (χ4n) is 4.79. The third kappa shape index (κ3) is 6.10. The van der Waals surface area contributed by atoms with Gasteiger partial charge in [0, 0.05) is 32.2 Å². The Morgan fingerprint density at radius 2 is 1.86 bits per heavy atom. The number of amidine groups is 1. The largest absolute Gasteiger partial charge is 0.465 e. The van der Waals surface area contributed by atoms with Gasteiger partial charge in [-0.3, -0.25) is 14.7 Å². The van der Waals surface area contributed by atoms with Gasteiger partial charge in [-0.05, 0) is 81.2 Å². The molecule has 1 spiro atoms. The predicted molar refractivity (Wildman–Crippen MR) is 138 cm³/mol. The highest BCUT2D eigenvalue weighted by Crippen LogP contribution is 2.32. The molecular formula is C25H36N4O5S. The minimum atomic E-state index is -3.51. The lowest BCUT2D eigenvalue weighted by Crippen LogP contribution is -2.50. The topological polar surface area (TPSA) is 119 Å². The van der Waals surface area contributed by atoms with E-state index >= 15 is 0 Å². The average Bonchev–Trinajstić information content (AvgIpc) is 3.10. The van der Waals surface area contributed by atoms with Gasteiger partial charge in [0.25, 0.3) is 5.91 Å². The third-order valence-electron chi connectivity index (χ3n) is 7.01. The fraction of sp³-hybridized carbons (Fsp3) is 0.560. The van der Waals surface area contributed by atoms with Crippen LogP contribution in [0.15, 0.2) is 29.8 Å². The first-order valence-electron chi connectivity index (χ1n) is 12.0. The highest BCUT2D eigenvalue weighted by molar-refractivity contribution is 7.89. The lowest BCUT2D eigenvalue weighted by atomic mass is 9.89. The average molecular weight is 505 g/mol. The summed E-state index contributed by atoms with van der Waals surface area (Å²) in [5.41, 5.74) is 2.33. The maximum absolute atomic E-state index is 13.1. The van der Waals surface area contributed by atoms with E-state index in [-0.39, 0.29) is 24.7 Å². The van der Waals surface area contributed by atoms with Crippen molar-refractivity contribution in [3.05, 3.63) is 41.5 Å². The normalized spacial score (nSPS) is 17.8. The number of carbonyl (C=O) groups is 2. The number of unbranched alkanes of at least 4 members (excludes halogenated alkanes) is 2. The number of nitrogens with one attached hydrogen (secondary N) is 1. The van der Waals surface area contributed by atoms with Gasteiger partial charge in [0.15, 0.2) is 0 Å². The highest BCUT2D eigenvalue weighted by atomic mass is 32.2. The zero-order valence-corrected chi connectivity index (χ0v) is 21.7. The molecule has 10 heteroatoms. The van der Waals surface area contributed by atoms with Crippen molar-refractivity contribution in [2.45, 2.75) is 64.3 Å². The molecule has 192 valence electrons. The molecular weight excluding hydrogens is 468 g/mol. The number of aryl methyl sites for hydroxylation is 2. The minimum absolute atomic E-state index is 0.0419. The molecule has 0 radical (unpaired) electrons. The maximum Gasteiger partial charge on any atom is 0.411 e. The molecule has 2 aliphatic heterocycles. The number of piperidine rings is 1. The Labute approximate surface area is 208 Å². The van der Waals surface area contributed by atoms with Crippen LogP contribution in [-0.2, 0) is 21.2 Å². The summed E-state index contributed by atoms with van der Waals surface area (Å²) < 4.78 is 27.7. The van der Waals surface area contributed by atoms with E-state index in [1.165, 1.54) is 11.4 Å². The fourth-order valence-corrected chi connectivity index (χ4v) is 6.25. The van der Waals surface area contributed by atoms with Crippen LogP contribution in [-0.4, -0.2) is 67.1 Å². The number of sulfonamides is 1. The second-order valence-corrected chi connectivity index (χ2v) is 11.5. The number of aliphatic imine (C=N–C) groups is 1. The predicted octanol–water partition coefficient (Wildman–Crippen LogP) is 3.40. The van der Waals surface area contributed by atoms with Gasteiger partial charge in [-0.15, -0.1) is 6.58 Å². The van der Waals surface area contributed by atoms with E-state index in [0.717, 1.165) is 40.9 Å². The molecule has 0 aliphatic carbocycles. The summed E-state index contributed by atoms with van der Waals surface area (Å²) in [7, 11) is -2.04. The molecule has 2 aliphatic rings. The van der Waals surface area contributed by atoms with Crippen LogP contribution in [0.25, 0.3) is 0 Å². The summed E-state index contributed by atoms with van der Waals surface area (Å²) in [6.07, 6.45) is 5.48. The van der Waals surface area contributed by atoms with E-state index in [2.05, 4.69) is 16.9 Å². The Balaban J connectivity index is 1.61. The SMILES string of the molecule is C=CCCCCC1=NC2(CCN(S(=O)(=O)CCc3c(C)cc(N(C)C(=O)O)cc3C)CC2)C(=O)N1. The Bertz CT molecular complexity index is 1100. The number of amides is 2. The molecule has 0 saturated carbocycles. The smallest absolute Gasteiger partial charge is 0.411 e. The van der Waals surface area contributed by atoms with Crippen molar-refractivity contribution < 1.29 is 23.1 Å². The standard InChI is InChI=1S/C25H36N4O5S/c1-5-6-7-8-9-22-26-23(30)25(27-22)11-13-29(14-12-25)35(33,34)15-10-21-18(2)16-20(17-19(21)3)28(4)24(31)32/h5,16-17H,1,6-15H2,2-4H3,(H,31,32)(H,26,27,30). The van der Waals surface area contributed by atoms with E-state index in [9.17, 15) is 23.1 Å². The lowest BCUT2D eigenvalue weighted by molar-refractivity contribution is -0.124. The number of hydrogen-bond donors (Lipinski definition) is 2. The summed E-state index contributed by atoms with van der Waals surface area (Å²) in [4.78, 5) is 29.7. The van der Waals surface area contributed by atoms with Crippen molar-refractivity contribution in [2.75, 3.05) is 30.8 Å². The molecule has 1 aromatic carbocycles. The Morgan fingerprint density at radius 3 is 2.43 bits per heavy atom. The van der Waals surface area contributed by atoms with Gasteiger partial charge in [0.1, 0.15) is 11.4 Å². The van der Waals surface area contributed by atoms with Crippen molar-refractivity contribution in [2.24, 2.45) is 4.99 Å². The number of benzene rings is 1. The van der Waals surface area contributed by atoms with E-state index < -0.39 is 21.7 Å². The molecule has 35 heavy (non-hydrogen) atoms. The second-order valence-electron chi connectivity index (χ2n) is 9.44. The van der Waals surface area contributed by atoms with Crippen molar-refractivity contribution in [1.29, 1.82) is 0 Å². The first-order chi connectivity index (χ1) is 16.5. The first-order valence-corrected chi connectivity index (χ1v) is 13.7. The molecule has 2 heterocycles. The lowest BCUT2D eigenvalue weighted by Gasteiger charge is -2.34. The van der Waals surface area contributed by atoms with E-state index in [1.54, 1.807) is 12.1 Å². The van der Waals surface area contributed by atoms with Gasteiger partial charge in [0.2, 0.25) is 10.0 Å². The summed E-state index contributed by atoms with van der Waals surface area (Å²) in [6, 6.07) is 3.53. The number of hydrogen-bond acceptors (Lipinski definition) is 5. The zero-order chi connectivity index (χ0) is 25.8. The molecule has 1 saturated heterocycles. The molecule has 3 rings (SSSR count). The molecule has 1 fully saturated rings. The van der Waals surface area contributed by atoms with Crippen molar-refractivity contribution in [3.8, 4) is 0 Å². The molecule has 1 aromatic rings. The quantitative estimate of drug-likeness (QED) is 0.374. The number of carboxylic acid groups (broad SMARTS) is 1. The van der Waals surface area contributed by atoms with Crippen LogP contribution in [0.4, 0.5) is 10.5 Å². The van der Waals surface area contributed by atoms with Gasteiger partial charge < -0.3 is 10.4 Å². The van der Waals surface area contributed by atoms with Crippen LogP contribution in [0.3, 0.4) is 0 Å². The van der Waals surface area contributed by atoms with Gasteiger partial charge in [-0.2, -0.15) is 0 Å². The highest BCUT2D eigenvalue weighted by Gasteiger charge is 2.47. The third-order valence-corrected chi connectivity index (χ3v) is 8.88. The number of allylic oxidation sites excluding steroid dienone is 1. The van der Waals surface area contributed by atoms with Crippen LogP contribution in [0.1, 0.15) is 55.2 Å². The van der Waals surface area contributed by atoms with Crippen molar-refractivity contribution in [1.82, 2.24) is 9.62 Å². The first kappa shape index (κ1) is 26.9. The van der Waals surface area contributed by atoms with E-state index in [1.807, 2.05) is 19.9 Å². The summed E-state index contributed by atoms with van der Waals surface area (Å²) in [6.45, 7) is 7.98. The zero-order valence-electron chi connectivity index (χ0n) is 20.8. The molecule has 0 bridgehead atoms. The number of carbonyl (C=O) groups excluding carboxylic acids is 1. The molecule has 9 nitrogen and oxygen atoms in total. The molecule has 0 atom stereocenters. The van der Waals surface area contributed by atoms with Crippen LogP contribution in [0, 0.1) is 13.8 Å². The monoisotopic (exact) mass is 504 g/mol. The van der Waals surface area contributed by atoms with Crippen LogP contribution >= 0.6 is 0 Å². The number of anilines is 1. The molecule has 2 N–H and O–H groups in total. The number of nitrogens with zero attached hydrogens (tertiary/aromatic N) is 3. The van der Waals surface area contributed by atoms with Crippen molar-refractivity contribution in [3.63, 3.8) is 0 Å². The summed E-state index contributed by atoms with van der Waals surface area (Å²) >= 11 is 0. The molecule has 0 aromatic heterocycles. The van der Waals surface area contributed by atoms with Crippen LogP contribution in [0.5, 0.6) is 0 Å². The van der Waals surface area contributed by atoms with Gasteiger partial charge in [-0.1, -0.05) is 6.08 Å². The van der Waals surface area contributed by atoms with E-state index in [0.29, 0.717) is 37.2 Å². The minimum Gasteiger partial charge on any atom is -0.465 e. The Hall–Kier alpha value is -2.72. The summed E-state index contributed by atoms with van der Waals surface area (Å²) in [5, 5.41) is 12.1. The Kier molecular flexibility index (Phi) is 8.38. The Morgan fingerprint density at radius 1 is 1.23 bits per heavy atom. The van der Waals surface area contributed by atoms with Gasteiger partial charge in [-0.25, -0.2) is 17.5 Å². The van der Waals surface area contributed by atoms with Crippen LogP contribution in [0.2, 0.25) is 0 Å². The van der Waals surface area contributed by atoms with E-state index in [4.69, 9.17) is 0 Å². The molecule has 0 unspecified atom stereocenters. The van der Waals surface area contributed by atoms with Crippen molar-refractivity contribution >= 4 is 33.5 Å². The van der Waals surface area contributed by atoms with Gasteiger partial charge >= 0.3 is 6.09 Å². The number of rotatable bonds is 10. The van der Waals surface area contributed by atoms with Gasteiger partial charge in [0.05, 0.1) is 5.75 Å².